The maximum Gasteiger partial charge on any atom is 0.328 e. The first-order valence-electron chi connectivity index (χ1n) is 6.41. The van der Waals surface area contributed by atoms with E-state index in [2.05, 4.69) is 25.7 Å². The molecule has 1 rings (SSSR count). The smallest absolute Gasteiger partial charge is 0.328 e. The van der Waals surface area contributed by atoms with Crippen molar-refractivity contribution in [2.24, 2.45) is 11.3 Å². The van der Waals surface area contributed by atoms with Crippen molar-refractivity contribution in [3.8, 4) is 0 Å². The molecule has 0 atom stereocenters. The highest BCUT2D eigenvalue weighted by Gasteiger charge is 2.28. The van der Waals surface area contributed by atoms with Crippen LogP contribution in [-0.4, -0.2) is 35.6 Å². The molecule has 1 aliphatic rings. The van der Waals surface area contributed by atoms with Crippen LogP contribution in [0.25, 0.3) is 0 Å². The minimum absolute atomic E-state index is 0.401. The summed E-state index contributed by atoms with van der Waals surface area (Å²) in [7, 11) is 0. The normalized spacial score (nSPS) is 20.6. The molecule has 0 aromatic rings. The molecule has 1 aliphatic heterocycles. The largest absolute Gasteiger partial charge is 0.478 e. The second-order valence-corrected chi connectivity index (χ2v) is 6.25. The number of hydrogen-bond acceptors (Lipinski definition) is 2. The second-order valence-electron chi connectivity index (χ2n) is 6.25. The third-order valence-corrected chi connectivity index (χ3v) is 3.66. The summed E-state index contributed by atoms with van der Waals surface area (Å²) in [5.41, 5.74) is 1.34. The van der Waals surface area contributed by atoms with Crippen LogP contribution in [0.2, 0.25) is 0 Å². The lowest BCUT2D eigenvalue weighted by atomic mass is 9.75. The van der Waals surface area contributed by atoms with Gasteiger partial charge in [0.25, 0.3) is 0 Å². The van der Waals surface area contributed by atoms with Crippen molar-refractivity contribution in [2.45, 2.75) is 40.5 Å². The fourth-order valence-electron chi connectivity index (χ4n) is 2.57. The predicted octanol–water partition coefficient (Wildman–Crippen LogP) is 2.78. The predicted molar refractivity (Wildman–Crippen MR) is 70.0 cm³/mol. The Hall–Kier alpha value is -0.830. The molecule has 0 spiro atoms. The Kier molecular flexibility index (Phi) is 4.75. The average molecular weight is 239 g/mol. The summed E-state index contributed by atoms with van der Waals surface area (Å²) in [4.78, 5) is 12.9. The van der Waals surface area contributed by atoms with Gasteiger partial charge in [0.1, 0.15) is 0 Å². The Morgan fingerprint density at radius 2 is 1.88 bits per heavy atom. The summed E-state index contributed by atoms with van der Waals surface area (Å²) in [5.74, 6) is -0.0467. The Labute approximate surface area is 105 Å². The van der Waals surface area contributed by atoms with E-state index in [-0.39, 0.29) is 0 Å². The topological polar surface area (TPSA) is 40.5 Å². The third-order valence-electron chi connectivity index (χ3n) is 3.66. The molecule has 0 aliphatic carbocycles. The van der Waals surface area contributed by atoms with Crippen molar-refractivity contribution in [3.05, 3.63) is 11.6 Å². The van der Waals surface area contributed by atoms with E-state index >= 15 is 0 Å². The molecule has 3 heteroatoms. The number of aliphatic carboxylic acids is 1. The first-order valence-corrected chi connectivity index (χ1v) is 6.41. The van der Waals surface area contributed by atoms with Crippen molar-refractivity contribution in [2.75, 3.05) is 19.6 Å². The molecule has 0 aromatic heterocycles. The van der Waals surface area contributed by atoms with Crippen molar-refractivity contribution < 1.29 is 9.90 Å². The van der Waals surface area contributed by atoms with Gasteiger partial charge in [-0.05, 0) is 44.2 Å². The summed E-state index contributed by atoms with van der Waals surface area (Å²) in [5, 5.41) is 8.67. The van der Waals surface area contributed by atoms with E-state index in [1.54, 1.807) is 0 Å². The van der Waals surface area contributed by atoms with Crippen LogP contribution in [0.5, 0.6) is 0 Å². The van der Waals surface area contributed by atoms with E-state index in [9.17, 15) is 4.79 Å². The van der Waals surface area contributed by atoms with Crippen LogP contribution < -0.4 is 0 Å². The average Bonchev–Trinajstić information content (AvgIpc) is 2.15. The van der Waals surface area contributed by atoms with Gasteiger partial charge in [0, 0.05) is 12.6 Å². The zero-order valence-corrected chi connectivity index (χ0v) is 11.5. The van der Waals surface area contributed by atoms with Crippen molar-refractivity contribution in [3.63, 3.8) is 0 Å². The SMILES string of the molecule is CC(=CC(=O)O)CN1CCC(C(C)(C)C)CC1. The van der Waals surface area contributed by atoms with Crippen LogP contribution in [0.15, 0.2) is 11.6 Å². The minimum Gasteiger partial charge on any atom is -0.478 e. The molecular weight excluding hydrogens is 214 g/mol. The van der Waals surface area contributed by atoms with Crippen molar-refractivity contribution in [1.29, 1.82) is 0 Å². The number of nitrogens with zero attached hydrogens (tertiary/aromatic N) is 1. The Balaban J connectivity index is 2.40. The Morgan fingerprint density at radius 3 is 2.29 bits per heavy atom. The molecule has 0 amide bonds. The van der Waals surface area contributed by atoms with Crippen molar-refractivity contribution >= 4 is 5.97 Å². The molecule has 1 saturated heterocycles. The van der Waals surface area contributed by atoms with Gasteiger partial charge in [-0.25, -0.2) is 4.79 Å². The molecular formula is C14H25NO2. The summed E-state index contributed by atoms with van der Waals surface area (Å²) in [6.45, 7) is 11.8. The first kappa shape index (κ1) is 14.2. The number of piperidine rings is 1. The van der Waals surface area contributed by atoms with E-state index in [1.165, 1.54) is 18.9 Å². The molecule has 0 bridgehead atoms. The second kappa shape index (κ2) is 5.67. The first-order chi connectivity index (χ1) is 7.79. The molecule has 0 aromatic carbocycles. The third kappa shape index (κ3) is 4.90. The van der Waals surface area contributed by atoms with Crippen molar-refractivity contribution in [1.82, 2.24) is 4.90 Å². The highest BCUT2D eigenvalue weighted by molar-refractivity contribution is 5.80. The van der Waals surface area contributed by atoms with Gasteiger partial charge in [-0.2, -0.15) is 0 Å². The molecule has 0 saturated carbocycles. The number of likely N-dealkylation sites (tertiary alicyclic amines) is 1. The minimum atomic E-state index is -0.841. The van der Waals surface area contributed by atoms with Gasteiger partial charge in [0.2, 0.25) is 0 Å². The molecule has 17 heavy (non-hydrogen) atoms. The van der Waals surface area contributed by atoms with Gasteiger partial charge in [-0.1, -0.05) is 26.3 Å². The molecule has 0 unspecified atom stereocenters. The van der Waals surface area contributed by atoms with Gasteiger partial charge < -0.3 is 5.11 Å². The molecule has 1 heterocycles. The zero-order valence-electron chi connectivity index (χ0n) is 11.5. The van der Waals surface area contributed by atoms with E-state index in [0.29, 0.717) is 5.41 Å². The monoisotopic (exact) mass is 239 g/mol. The quantitative estimate of drug-likeness (QED) is 0.770. The number of rotatable bonds is 3. The fourth-order valence-corrected chi connectivity index (χ4v) is 2.57. The van der Waals surface area contributed by atoms with Crippen LogP contribution in [0.3, 0.4) is 0 Å². The zero-order chi connectivity index (χ0) is 13.1. The van der Waals surface area contributed by atoms with Crippen LogP contribution >= 0.6 is 0 Å². The standard InChI is InChI=1S/C14H25NO2/c1-11(9-13(16)17)10-15-7-5-12(6-8-15)14(2,3)4/h9,12H,5-8,10H2,1-4H3,(H,16,17). The Morgan fingerprint density at radius 1 is 1.35 bits per heavy atom. The number of carboxylic acid groups (broad SMARTS) is 1. The van der Waals surface area contributed by atoms with E-state index in [0.717, 1.165) is 31.1 Å². The van der Waals surface area contributed by atoms with Gasteiger partial charge in [-0.15, -0.1) is 0 Å². The van der Waals surface area contributed by atoms with Gasteiger partial charge in [0.05, 0.1) is 0 Å². The lowest BCUT2D eigenvalue weighted by Crippen LogP contribution is -2.38. The summed E-state index contributed by atoms with van der Waals surface area (Å²) in [6.07, 6.45) is 3.77. The van der Waals surface area contributed by atoms with Crippen LogP contribution in [0.4, 0.5) is 0 Å². The van der Waals surface area contributed by atoms with Crippen LogP contribution in [-0.2, 0) is 4.79 Å². The number of hydrogen-bond donors (Lipinski definition) is 1. The molecule has 1 N–H and O–H groups in total. The van der Waals surface area contributed by atoms with Crippen LogP contribution in [0, 0.1) is 11.3 Å². The van der Waals surface area contributed by atoms with Gasteiger partial charge in [0.15, 0.2) is 0 Å². The molecule has 1 fully saturated rings. The lowest BCUT2D eigenvalue weighted by molar-refractivity contribution is -0.131. The molecule has 0 radical (unpaired) electrons. The van der Waals surface area contributed by atoms with Gasteiger partial charge in [-0.3, -0.25) is 4.90 Å². The van der Waals surface area contributed by atoms with E-state index < -0.39 is 5.97 Å². The van der Waals surface area contributed by atoms with Crippen LogP contribution in [0.1, 0.15) is 40.5 Å². The summed E-state index contributed by atoms with van der Waals surface area (Å²) in [6, 6.07) is 0. The molecule has 3 nitrogen and oxygen atoms in total. The summed E-state index contributed by atoms with van der Waals surface area (Å²) >= 11 is 0. The van der Waals surface area contributed by atoms with E-state index in [1.807, 2.05) is 6.92 Å². The Bertz CT molecular complexity index is 294. The highest BCUT2D eigenvalue weighted by atomic mass is 16.4. The molecule has 98 valence electrons. The number of carboxylic acids is 1. The summed E-state index contributed by atoms with van der Waals surface area (Å²) < 4.78 is 0. The fraction of sp³-hybridized carbons (Fsp3) is 0.786. The van der Waals surface area contributed by atoms with Gasteiger partial charge >= 0.3 is 5.97 Å². The lowest BCUT2D eigenvalue weighted by Gasteiger charge is -2.38. The van der Waals surface area contributed by atoms with E-state index in [4.69, 9.17) is 5.11 Å². The maximum atomic E-state index is 10.5. The maximum absolute atomic E-state index is 10.5. The highest BCUT2D eigenvalue weighted by Crippen LogP contribution is 2.34. The number of carbonyl (C=O) groups is 1.